The van der Waals surface area contributed by atoms with E-state index in [9.17, 15) is 9.18 Å². The summed E-state index contributed by atoms with van der Waals surface area (Å²) in [6.07, 6.45) is 0.779. The molecule has 0 saturated carbocycles. The second-order valence-corrected chi connectivity index (χ2v) is 7.80. The normalized spacial score (nSPS) is 10.7. The Morgan fingerprint density at radius 2 is 1.58 bits per heavy atom. The van der Waals surface area contributed by atoms with E-state index in [0.29, 0.717) is 17.5 Å². The molecule has 7 heteroatoms. The number of amides is 1. The highest BCUT2D eigenvalue weighted by molar-refractivity contribution is 7.99. The molecule has 1 amide bonds. The van der Waals surface area contributed by atoms with Crippen molar-refractivity contribution in [2.75, 3.05) is 12.3 Å². The van der Waals surface area contributed by atoms with Crippen molar-refractivity contribution in [1.29, 1.82) is 0 Å². The Bertz CT molecular complexity index is 1130. The van der Waals surface area contributed by atoms with Gasteiger partial charge in [-0.2, -0.15) is 0 Å². The maximum atomic E-state index is 13.4. The average Bonchev–Trinajstić information content (AvgIpc) is 3.23. The lowest BCUT2D eigenvalue weighted by Crippen LogP contribution is -2.27. The lowest BCUT2D eigenvalue weighted by atomic mass is 10.1. The summed E-state index contributed by atoms with van der Waals surface area (Å²) in [5, 5.41) is 12.1. The Kier molecular flexibility index (Phi) is 6.74. The van der Waals surface area contributed by atoms with Gasteiger partial charge in [-0.05, 0) is 36.2 Å². The number of carbonyl (C=O) groups is 1. The zero-order valence-corrected chi connectivity index (χ0v) is 17.6. The molecule has 0 aliphatic carbocycles. The van der Waals surface area contributed by atoms with Crippen molar-refractivity contribution in [3.05, 3.63) is 96.3 Å². The number of rotatable bonds is 8. The molecule has 0 aliphatic rings. The summed E-state index contributed by atoms with van der Waals surface area (Å²) in [6.45, 7) is 0.573. The first-order chi connectivity index (χ1) is 15.2. The Hall–Kier alpha value is -3.45. The van der Waals surface area contributed by atoms with E-state index in [0.717, 1.165) is 17.7 Å². The Balaban J connectivity index is 1.47. The molecule has 1 heterocycles. The van der Waals surface area contributed by atoms with E-state index in [2.05, 4.69) is 15.5 Å². The maximum absolute atomic E-state index is 13.4. The van der Waals surface area contributed by atoms with Gasteiger partial charge in [0, 0.05) is 17.8 Å². The number of hydrogen-bond acceptors (Lipinski definition) is 4. The van der Waals surface area contributed by atoms with Crippen LogP contribution in [0.4, 0.5) is 4.39 Å². The Morgan fingerprint density at radius 1 is 0.903 bits per heavy atom. The van der Waals surface area contributed by atoms with Crippen LogP contribution in [0.15, 0.2) is 90.1 Å². The van der Waals surface area contributed by atoms with Gasteiger partial charge < -0.3 is 5.32 Å². The number of carbonyl (C=O) groups excluding carboxylic acids is 1. The van der Waals surface area contributed by atoms with Gasteiger partial charge in [0.15, 0.2) is 11.0 Å². The topological polar surface area (TPSA) is 59.8 Å². The molecule has 0 unspecified atom stereocenters. The van der Waals surface area contributed by atoms with Gasteiger partial charge in [0.25, 0.3) is 0 Å². The summed E-state index contributed by atoms with van der Waals surface area (Å²) in [5.41, 5.74) is 2.80. The van der Waals surface area contributed by atoms with Crippen molar-refractivity contribution in [3.63, 3.8) is 0 Å². The van der Waals surface area contributed by atoms with Crippen molar-refractivity contribution in [2.24, 2.45) is 0 Å². The Morgan fingerprint density at radius 3 is 2.29 bits per heavy atom. The van der Waals surface area contributed by atoms with Crippen molar-refractivity contribution in [3.8, 4) is 17.1 Å². The van der Waals surface area contributed by atoms with Crippen molar-refractivity contribution >= 4 is 17.7 Å². The first-order valence-electron chi connectivity index (χ1n) is 9.91. The third-order valence-corrected chi connectivity index (χ3v) is 5.59. The molecule has 1 N–H and O–H groups in total. The van der Waals surface area contributed by atoms with Gasteiger partial charge >= 0.3 is 0 Å². The molecule has 0 spiro atoms. The van der Waals surface area contributed by atoms with E-state index >= 15 is 0 Å². The van der Waals surface area contributed by atoms with Gasteiger partial charge in [-0.3, -0.25) is 9.36 Å². The monoisotopic (exact) mass is 432 g/mol. The minimum absolute atomic E-state index is 0.0733. The van der Waals surface area contributed by atoms with Crippen LogP contribution in [0.2, 0.25) is 0 Å². The second kappa shape index (κ2) is 10.0. The quantitative estimate of drug-likeness (QED) is 0.416. The van der Waals surface area contributed by atoms with Crippen molar-refractivity contribution < 1.29 is 9.18 Å². The first kappa shape index (κ1) is 20.8. The van der Waals surface area contributed by atoms with E-state index in [1.165, 1.54) is 29.5 Å². The number of hydrogen-bond donors (Lipinski definition) is 1. The molecule has 5 nitrogen and oxygen atoms in total. The fourth-order valence-corrected chi connectivity index (χ4v) is 3.91. The highest BCUT2D eigenvalue weighted by Gasteiger charge is 2.17. The summed E-state index contributed by atoms with van der Waals surface area (Å²) in [7, 11) is 0. The molecule has 0 atom stereocenters. The molecule has 3 aromatic carbocycles. The second-order valence-electron chi connectivity index (χ2n) is 6.86. The largest absolute Gasteiger partial charge is 0.355 e. The van der Waals surface area contributed by atoms with Crippen LogP contribution in [0.1, 0.15) is 5.56 Å². The van der Waals surface area contributed by atoms with Crippen molar-refractivity contribution in [2.45, 2.75) is 11.6 Å². The highest BCUT2D eigenvalue weighted by Crippen LogP contribution is 2.27. The highest BCUT2D eigenvalue weighted by atomic mass is 32.2. The van der Waals surface area contributed by atoms with Gasteiger partial charge in [-0.1, -0.05) is 72.4 Å². The first-order valence-corrected chi connectivity index (χ1v) is 10.9. The van der Waals surface area contributed by atoms with E-state index in [1.807, 2.05) is 65.2 Å². The van der Waals surface area contributed by atoms with Crippen LogP contribution >= 0.6 is 11.8 Å². The number of benzene rings is 3. The number of thioether (sulfide) groups is 1. The predicted molar refractivity (Wildman–Crippen MR) is 121 cm³/mol. The number of aromatic nitrogens is 3. The predicted octanol–water partition coefficient (Wildman–Crippen LogP) is 4.52. The third kappa shape index (κ3) is 5.38. The van der Waals surface area contributed by atoms with Gasteiger partial charge in [-0.25, -0.2) is 4.39 Å². The average molecular weight is 433 g/mol. The zero-order valence-electron chi connectivity index (χ0n) is 16.7. The minimum atomic E-state index is -0.315. The van der Waals surface area contributed by atoms with Gasteiger partial charge in [0.05, 0.1) is 5.75 Å². The van der Waals surface area contributed by atoms with Crippen LogP contribution in [0, 0.1) is 5.82 Å². The maximum Gasteiger partial charge on any atom is 0.230 e. The van der Waals surface area contributed by atoms with Crippen LogP contribution in [-0.4, -0.2) is 33.0 Å². The van der Waals surface area contributed by atoms with Crippen LogP contribution in [0.5, 0.6) is 0 Å². The summed E-state index contributed by atoms with van der Waals surface area (Å²) in [6, 6.07) is 25.8. The molecule has 0 bridgehead atoms. The molecule has 156 valence electrons. The zero-order chi connectivity index (χ0) is 21.5. The SMILES string of the molecule is O=C(CSc1nnc(-c2ccccc2)n1-c1ccc(F)cc1)NCCc1ccccc1. The van der Waals surface area contributed by atoms with Gasteiger partial charge in [0.2, 0.25) is 5.91 Å². The van der Waals surface area contributed by atoms with Crippen LogP contribution in [0.3, 0.4) is 0 Å². The van der Waals surface area contributed by atoms with Crippen molar-refractivity contribution in [1.82, 2.24) is 20.1 Å². The lowest BCUT2D eigenvalue weighted by molar-refractivity contribution is -0.118. The smallest absolute Gasteiger partial charge is 0.230 e. The molecule has 1 aromatic heterocycles. The van der Waals surface area contributed by atoms with Crippen LogP contribution in [0.25, 0.3) is 17.1 Å². The van der Waals surface area contributed by atoms with Crippen LogP contribution in [-0.2, 0) is 11.2 Å². The summed E-state index contributed by atoms with van der Waals surface area (Å²) >= 11 is 1.30. The lowest BCUT2D eigenvalue weighted by Gasteiger charge is -2.10. The molecule has 0 aliphatic heterocycles. The molecular weight excluding hydrogens is 411 g/mol. The molecule has 4 aromatic rings. The Labute approximate surface area is 184 Å². The fraction of sp³-hybridized carbons (Fsp3) is 0.125. The standard InChI is InChI=1S/C24H21FN4OS/c25-20-11-13-21(14-12-20)29-23(19-9-5-2-6-10-19)27-28-24(29)31-17-22(30)26-16-15-18-7-3-1-4-8-18/h1-14H,15-17H2,(H,26,30). The molecule has 0 saturated heterocycles. The van der Waals surface area contributed by atoms with Crippen LogP contribution < -0.4 is 5.32 Å². The molecule has 0 radical (unpaired) electrons. The number of nitrogens with zero attached hydrogens (tertiary/aromatic N) is 3. The number of halogens is 1. The summed E-state index contributed by atoms with van der Waals surface area (Å²) in [4.78, 5) is 12.3. The number of nitrogens with one attached hydrogen (secondary N) is 1. The summed E-state index contributed by atoms with van der Waals surface area (Å²) < 4.78 is 15.3. The molecule has 0 fully saturated rings. The van der Waals surface area contributed by atoms with E-state index in [-0.39, 0.29) is 17.5 Å². The van der Waals surface area contributed by atoms with Gasteiger partial charge in [0.1, 0.15) is 5.82 Å². The molecule has 31 heavy (non-hydrogen) atoms. The summed E-state index contributed by atoms with van der Waals surface area (Å²) in [5.74, 6) is 0.461. The molecule has 4 rings (SSSR count). The minimum Gasteiger partial charge on any atom is -0.355 e. The van der Waals surface area contributed by atoms with E-state index < -0.39 is 0 Å². The fourth-order valence-electron chi connectivity index (χ4n) is 3.13. The van der Waals surface area contributed by atoms with E-state index in [4.69, 9.17) is 0 Å². The van der Waals surface area contributed by atoms with Gasteiger partial charge in [-0.15, -0.1) is 10.2 Å². The molecular formula is C24H21FN4OS. The van der Waals surface area contributed by atoms with E-state index in [1.54, 1.807) is 12.1 Å². The third-order valence-electron chi connectivity index (χ3n) is 4.66.